The van der Waals surface area contributed by atoms with Crippen molar-refractivity contribution in [2.75, 3.05) is 7.11 Å². The highest BCUT2D eigenvalue weighted by atomic mass is 16.5. The van der Waals surface area contributed by atoms with Crippen molar-refractivity contribution in [1.82, 2.24) is 15.7 Å². The monoisotopic (exact) mass is 296 g/mol. The molecule has 1 radical (unpaired) electrons. The van der Waals surface area contributed by atoms with Gasteiger partial charge in [0.25, 0.3) is 0 Å². The van der Waals surface area contributed by atoms with Crippen LogP contribution in [0.4, 0.5) is 5.82 Å². The number of nitrogens with one attached hydrogen (secondary N) is 1. The van der Waals surface area contributed by atoms with Crippen LogP contribution in [0.25, 0.3) is 11.3 Å². The normalized spacial score (nSPS) is 15.7. The van der Waals surface area contributed by atoms with Gasteiger partial charge in [0.05, 0.1) is 24.7 Å². The maximum atomic E-state index is 8.02. The molecule has 1 saturated carbocycles. The maximum Gasteiger partial charge on any atom is 0.166 e. The topological polar surface area (TPSA) is 58.8 Å². The van der Waals surface area contributed by atoms with E-state index in [1.165, 1.54) is 32.1 Å². The summed E-state index contributed by atoms with van der Waals surface area (Å²) in [6, 6.07) is 7.81. The van der Waals surface area contributed by atoms with Gasteiger partial charge >= 0.3 is 0 Å². The number of methoxy groups -OCH3 is 1. The Balaban J connectivity index is 1.81. The van der Waals surface area contributed by atoms with Crippen LogP contribution >= 0.6 is 0 Å². The second-order valence-corrected chi connectivity index (χ2v) is 5.99. The van der Waals surface area contributed by atoms with Crippen molar-refractivity contribution in [1.29, 1.82) is 0 Å². The fourth-order valence-corrected chi connectivity index (χ4v) is 3.14. The number of benzene rings is 1. The Morgan fingerprint density at radius 3 is 2.55 bits per heavy atom. The summed E-state index contributed by atoms with van der Waals surface area (Å²) in [5, 5.41) is 0. The lowest BCUT2D eigenvalue weighted by Crippen LogP contribution is -2.11. The lowest BCUT2D eigenvalue weighted by atomic mass is 9.86. The second-order valence-electron chi connectivity index (χ2n) is 5.99. The van der Waals surface area contributed by atoms with Crippen LogP contribution in [0.3, 0.4) is 0 Å². The van der Waals surface area contributed by atoms with Gasteiger partial charge < -0.3 is 4.74 Å². The molecule has 0 spiro atoms. The van der Waals surface area contributed by atoms with Crippen molar-refractivity contribution in [3.05, 3.63) is 36.2 Å². The third-order valence-electron chi connectivity index (χ3n) is 4.44. The van der Waals surface area contributed by atoms with Crippen LogP contribution < -0.4 is 10.5 Å². The molecule has 1 aliphatic carbocycles. The molecule has 0 unspecified atom stereocenters. The van der Waals surface area contributed by atoms with Gasteiger partial charge in [0.15, 0.2) is 5.82 Å². The average molecular weight is 296 g/mol. The highest BCUT2D eigenvalue weighted by molar-refractivity contribution is 5.60. The lowest BCUT2D eigenvalue weighted by molar-refractivity contribution is 0.354. The summed E-state index contributed by atoms with van der Waals surface area (Å²) in [5.74, 6) is 1.82. The Morgan fingerprint density at radius 2 is 1.86 bits per heavy atom. The number of hydrogen-bond donors (Lipinski definition) is 0. The Labute approximate surface area is 131 Å². The molecule has 0 atom stereocenters. The quantitative estimate of drug-likeness (QED) is 0.850. The molecule has 0 aliphatic heterocycles. The third kappa shape index (κ3) is 3.38. The summed E-state index contributed by atoms with van der Waals surface area (Å²) in [6.07, 6.45) is 9.06. The molecule has 22 heavy (non-hydrogen) atoms. The van der Waals surface area contributed by atoms with Crippen LogP contribution in [-0.2, 0) is 6.42 Å². The molecular weight excluding hydrogens is 274 g/mol. The van der Waals surface area contributed by atoms with Crippen molar-refractivity contribution >= 4 is 5.82 Å². The van der Waals surface area contributed by atoms with Crippen LogP contribution in [-0.4, -0.2) is 17.1 Å². The molecule has 115 valence electrons. The van der Waals surface area contributed by atoms with Crippen molar-refractivity contribution in [3.63, 3.8) is 0 Å². The van der Waals surface area contributed by atoms with E-state index in [0.29, 0.717) is 11.7 Å². The summed E-state index contributed by atoms with van der Waals surface area (Å²) < 4.78 is 5.18. The Bertz CT molecular complexity index is 619. The minimum atomic E-state index is 0.322. The predicted octanol–water partition coefficient (Wildman–Crippen LogP) is 4.19. The fourth-order valence-electron chi connectivity index (χ4n) is 3.14. The third-order valence-corrected chi connectivity index (χ3v) is 4.44. The molecular formula is C18H22N3O. The molecule has 0 bridgehead atoms. The summed E-state index contributed by atoms with van der Waals surface area (Å²) in [5.41, 5.74) is 10.7. The van der Waals surface area contributed by atoms with Crippen LogP contribution in [0, 0.1) is 5.92 Å². The smallest absolute Gasteiger partial charge is 0.166 e. The van der Waals surface area contributed by atoms with E-state index in [1.807, 2.05) is 24.3 Å². The number of nitrogens with zero attached hydrogens (tertiary/aromatic N) is 2. The minimum absolute atomic E-state index is 0.322. The number of rotatable bonds is 4. The zero-order chi connectivity index (χ0) is 15.4. The molecule has 0 saturated heterocycles. The van der Waals surface area contributed by atoms with Gasteiger partial charge in [-0.2, -0.15) is 0 Å². The molecule has 1 N–H and O–H groups in total. The molecule has 3 rings (SSSR count). The highest BCUT2D eigenvalue weighted by Gasteiger charge is 2.17. The highest BCUT2D eigenvalue weighted by Crippen LogP contribution is 2.29. The van der Waals surface area contributed by atoms with E-state index in [0.717, 1.165) is 29.1 Å². The van der Waals surface area contributed by atoms with Gasteiger partial charge in [-0.3, -0.25) is 5.73 Å². The Hall–Kier alpha value is -2.10. The number of aromatic nitrogens is 2. The van der Waals surface area contributed by atoms with Gasteiger partial charge in [0, 0.05) is 5.56 Å². The summed E-state index contributed by atoms with van der Waals surface area (Å²) in [4.78, 5) is 8.94. The van der Waals surface area contributed by atoms with Crippen LogP contribution in [0.1, 0.15) is 37.8 Å². The Morgan fingerprint density at radius 1 is 1.14 bits per heavy atom. The van der Waals surface area contributed by atoms with Crippen molar-refractivity contribution in [2.45, 2.75) is 38.5 Å². The van der Waals surface area contributed by atoms with Crippen molar-refractivity contribution in [3.8, 4) is 17.0 Å². The summed E-state index contributed by atoms with van der Waals surface area (Å²) in [7, 11) is 1.66. The standard InChI is InChI=1S/C18H22N3O/c1-22-15-9-7-14(8-10-15)17-12-20-18(19)16(21-17)11-13-5-3-2-4-6-13/h7-10,12-13,19H,2-6,11H2,1H3. The van der Waals surface area contributed by atoms with E-state index in [-0.39, 0.29) is 0 Å². The first kappa shape index (κ1) is 14.8. The first-order chi connectivity index (χ1) is 10.8. The first-order valence-corrected chi connectivity index (χ1v) is 7.98. The molecule has 2 aromatic rings. The van der Waals surface area contributed by atoms with Gasteiger partial charge in [-0.1, -0.05) is 32.1 Å². The summed E-state index contributed by atoms with van der Waals surface area (Å²) >= 11 is 0. The SMILES string of the molecule is COc1ccc(-c2cnc([NH])c(CC3CCCCC3)n2)cc1. The summed E-state index contributed by atoms with van der Waals surface area (Å²) in [6.45, 7) is 0. The second kappa shape index (κ2) is 6.77. The van der Waals surface area contributed by atoms with Gasteiger partial charge in [-0.05, 0) is 36.6 Å². The van der Waals surface area contributed by atoms with E-state index >= 15 is 0 Å². The van der Waals surface area contributed by atoms with Gasteiger partial charge in [0.2, 0.25) is 0 Å². The number of ether oxygens (including phenoxy) is 1. The zero-order valence-electron chi connectivity index (χ0n) is 13.0. The van der Waals surface area contributed by atoms with Crippen LogP contribution in [0.15, 0.2) is 30.5 Å². The van der Waals surface area contributed by atoms with E-state index in [9.17, 15) is 0 Å². The molecule has 1 fully saturated rings. The Kier molecular flexibility index (Phi) is 4.56. The van der Waals surface area contributed by atoms with Crippen molar-refractivity contribution < 1.29 is 4.74 Å². The molecule has 1 heterocycles. The fraction of sp³-hybridized carbons (Fsp3) is 0.444. The van der Waals surface area contributed by atoms with Gasteiger partial charge in [-0.25, -0.2) is 9.97 Å². The van der Waals surface area contributed by atoms with Gasteiger partial charge in [0.1, 0.15) is 5.75 Å². The van der Waals surface area contributed by atoms with Crippen molar-refractivity contribution in [2.24, 2.45) is 5.92 Å². The number of hydrogen-bond acceptors (Lipinski definition) is 3. The molecule has 1 aromatic carbocycles. The lowest BCUT2D eigenvalue weighted by Gasteiger charge is -2.21. The molecule has 0 amide bonds. The van der Waals surface area contributed by atoms with Crippen LogP contribution in [0.5, 0.6) is 5.75 Å². The average Bonchev–Trinajstić information content (AvgIpc) is 2.58. The predicted molar refractivity (Wildman–Crippen MR) is 87.1 cm³/mol. The zero-order valence-corrected chi connectivity index (χ0v) is 13.0. The minimum Gasteiger partial charge on any atom is -0.497 e. The van der Waals surface area contributed by atoms with E-state index < -0.39 is 0 Å². The van der Waals surface area contributed by atoms with E-state index in [4.69, 9.17) is 15.5 Å². The van der Waals surface area contributed by atoms with E-state index in [2.05, 4.69) is 4.98 Å². The molecule has 4 nitrogen and oxygen atoms in total. The molecule has 1 aromatic heterocycles. The molecule has 4 heteroatoms. The van der Waals surface area contributed by atoms with Gasteiger partial charge in [-0.15, -0.1) is 0 Å². The maximum absolute atomic E-state index is 8.02. The molecule has 1 aliphatic rings. The van der Waals surface area contributed by atoms with Crippen LogP contribution in [0.2, 0.25) is 0 Å². The first-order valence-electron chi connectivity index (χ1n) is 7.98. The van der Waals surface area contributed by atoms with E-state index in [1.54, 1.807) is 13.3 Å². The largest absolute Gasteiger partial charge is 0.497 e.